The van der Waals surface area contributed by atoms with Gasteiger partial charge >= 0.3 is 0 Å². The summed E-state index contributed by atoms with van der Waals surface area (Å²) in [6, 6.07) is 5.82. The van der Waals surface area contributed by atoms with Crippen LogP contribution in [0, 0.1) is 0 Å². The summed E-state index contributed by atoms with van der Waals surface area (Å²) >= 11 is 1.56. The van der Waals surface area contributed by atoms with Crippen molar-refractivity contribution in [3.8, 4) is 11.5 Å². The fourth-order valence-corrected chi connectivity index (χ4v) is 3.92. The molecular formula is C18H24N2O3S. The summed E-state index contributed by atoms with van der Waals surface area (Å²) < 4.78 is 11.0. The smallest absolute Gasteiger partial charge is 0.161 e. The summed E-state index contributed by atoms with van der Waals surface area (Å²) in [5, 5.41) is 13.5. The third-order valence-electron chi connectivity index (χ3n) is 4.41. The maximum absolute atomic E-state index is 9.11. The molecular weight excluding hydrogens is 324 g/mol. The van der Waals surface area contributed by atoms with Gasteiger partial charge in [0.25, 0.3) is 0 Å². The average molecular weight is 348 g/mol. The lowest BCUT2D eigenvalue weighted by atomic mass is 9.86. The van der Waals surface area contributed by atoms with Crippen LogP contribution in [0.4, 0.5) is 0 Å². The molecule has 1 atom stereocenters. The number of amidine groups is 1. The first-order valence-corrected chi connectivity index (χ1v) is 9.27. The standard InChI is InChI=1S/C18H24N2O3S/c1-22-12-7-8-16(23-2)14(11-12)17-13-5-3-4-6-15(13)19-18(20-17)24-10-9-21/h7-8,11,17,21H,3-6,9-10H2,1-2H3,(H,19,20). The summed E-state index contributed by atoms with van der Waals surface area (Å²) in [4.78, 5) is 4.92. The molecule has 0 fully saturated rings. The number of aliphatic hydroxyl groups is 1. The van der Waals surface area contributed by atoms with Crippen molar-refractivity contribution in [1.29, 1.82) is 0 Å². The molecule has 5 nitrogen and oxygen atoms in total. The van der Waals surface area contributed by atoms with Gasteiger partial charge in [-0.1, -0.05) is 11.8 Å². The quantitative estimate of drug-likeness (QED) is 0.855. The van der Waals surface area contributed by atoms with Crippen molar-refractivity contribution < 1.29 is 14.6 Å². The Morgan fingerprint density at radius 1 is 1.25 bits per heavy atom. The van der Waals surface area contributed by atoms with Gasteiger partial charge in [-0.2, -0.15) is 0 Å². The second-order valence-corrected chi connectivity index (χ2v) is 6.94. The summed E-state index contributed by atoms with van der Waals surface area (Å²) in [5.41, 5.74) is 3.67. The first-order valence-electron chi connectivity index (χ1n) is 8.29. The van der Waals surface area contributed by atoms with Crippen molar-refractivity contribution in [2.45, 2.75) is 31.7 Å². The zero-order valence-corrected chi connectivity index (χ0v) is 15.0. The number of thioether (sulfide) groups is 1. The maximum Gasteiger partial charge on any atom is 0.161 e. The van der Waals surface area contributed by atoms with Crippen LogP contribution in [0.5, 0.6) is 11.5 Å². The van der Waals surface area contributed by atoms with Crippen LogP contribution in [0.15, 0.2) is 34.5 Å². The van der Waals surface area contributed by atoms with Gasteiger partial charge in [-0.05, 0) is 49.5 Å². The minimum atomic E-state index is -0.0483. The Labute approximate surface area is 147 Å². The number of allylic oxidation sites excluding steroid dienone is 1. The van der Waals surface area contributed by atoms with Crippen molar-refractivity contribution >= 4 is 16.9 Å². The highest BCUT2D eigenvalue weighted by Crippen LogP contribution is 2.43. The highest BCUT2D eigenvalue weighted by atomic mass is 32.2. The van der Waals surface area contributed by atoms with Crippen LogP contribution in [-0.4, -0.2) is 36.9 Å². The van der Waals surface area contributed by atoms with Crippen LogP contribution in [0.25, 0.3) is 0 Å². The molecule has 1 heterocycles. The number of hydrogen-bond acceptors (Lipinski definition) is 6. The van der Waals surface area contributed by atoms with Gasteiger partial charge in [0, 0.05) is 17.0 Å². The van der Waals surface area contributed by atoms with E-state index < -0.39 is 0 Å². The molecule has 3 rings (SSSR count). The lowest BCUT2D eigenvalue weighted by Gasteiger charge is -2.32. The van der Waals surface area contributed by atoms with E-state index >= 15 is 0 Å². The topological polar surface area (TPSA) is 63.1 Å². The fourth-order valence-electron chi connectivity index (χ4n) is 3.26. The molecule has 1 unspecified atom stereocenters. The van der Waals surface area contributed by atoms with Gasteiger partial charge < -0.3 is 19.9 Å². The zero-order valence-electron chi connectivity index (χ0n) is 14.2. The molecule has 0 saturated heterocycles. The number of aliphatic hydroxyl groups excluding tert-OH is 1. The van der Waals surface area contributed by atoms with Crippen LogP contribution in [0.3, 0.4) is 0 Å². The molecule has 0 spiro atoms. The Bertz CT molecular complexity index is 658. The third kappa shape index (κ3) is 3.54. The van der Waals surface area contributed by atoms with E-state index in [0.29, 0.717) is 5.75 Å². The predicted octanol–water partition coefficient (Wildman–Crippen LogP) is 3.26. The van der Waals surface area contributed by atoms with E-state index in [1.165, 1.54) is 24.1 Å². The molecule has 0 bridgehead atoms. The molecule has 130 valence electrons. The number of ether oxygens (including phenoxy) is 2. The van der Waals surface area contributed by atoms with E-state index in [9.17, 15) is 0 Å². The van der Waals surface area contributed by atoms with E-state index in [0.717, 1.165) is 35.1 Å². The molecule has 0 aromatic heterocycles. The van der Waals surface area contributed by atoms with Gasteiger partial charge in [-0.3, -0.25) is 0 Å². The summed E-state index contributed by atoms with van der Waals surface area (Å²) in [5.74, 6) is 2.27. The van der Waals surface area contributed by atoms with Gasteiger partial charge in [0.15, 0.2) is 5.17 Å². The molecule has 2 N–H and O–H groups in total. The highest BCUT2D eigenvalue weighted by Gasteiger charge is 2.29. The van der Waals surface area contributed by atoms with Crippen molar-refractivity contribution in [3.63, 3.8) is 0 Å². The van der Waals surface area contributed by atoms with Gasteiger partial charge in [-0.15, -0.1) is 0 Å². The van der Waals surface area contributed by atoms with E-state index in [1.807, 2.05) is 18.2 Å². The predicted molar refractivity (Wildman–Crippen MR) is 97.9 cm³/mol. The molecule has 0 saturated carbocycles. The maximum atomic E-state index is 9.11. The molecule has 0 amide bonds. The largest absolute Gasteiger partial charge is 0.497 e. The number of nitrogens with one attached hydrogen (secondary N) is 1. The van der Waals surface area contributed by atoms with Crippen molar-refractivity contribution in [2.75, 3.05) is 26.6 Å². The van der Waals surface area contributed by atoms with Crippen molar-refractivity contribution in [3.05, 3.63) is 35.0 Å². The Balaban J connectivity index is 2.02. The first kappa shape index (κ1) is 17.2. The first-order chi connectivity index (χ1) is 11.8. The average Bonchev–Trinajstić information content (AvgIpc) is 2.65. The van der Waals surface area contributed by atoms with Crippen LogP contribution in [0.1, 0.15) is 37.3 Å². The minimum absolute atomic E-state index is 0.0483. The molecule has 1 aliphatic carbocycles. The zero-order chi connectivity index (χ0) is 16.9. The number of methoxy groups -OCH3 is 2. The molecule has 1 aromatic rings. The number of benzene rings is 1. The number of hydrogen-bond donors (Lipinski definition) is 2. The minimum Gasteiger partial charge on any atom is -0.497 e. The third-order valence-corrected chi connectivity index (χ3v) is 5.27. The van der Waals surface area contributed by atoms with Crippen molar-refractivity contribution in [2.24, 2.45) is 4.99 Å². The highest BCUT2D eigenvalue weighted by molar-refractivity contribution is 8.13. The number of nitrogens with zero attached hydrogens (tertiary/aromatic N) is 1. The Hall–Kier alpha value is -1.66. The fraction of sp³-hybridized carbons (Fsp3) is 0.500. The second kappa shape index (κ2) is 7.94. The van der Waals surface area contributed by atoms with Gasteiger partial charge in [0.05, 0.1) is 20.8 Å². The second-order valence-electron chi connectivity index (χ2n) is 5.85. The molecule has 1 aliphatic heterocycles. The number of aliphatic imine (C=N–C) groups is 1. The Morgan fingerprint density at radius 3 is 2.83 bits per heavy atom. The lowest BCUT2D eigenvalue weighted by molar-refractivity contribution is 0.323. The van der Waals surface area contributed by atoms with Gasteiger partial charge in [-0.25, -0.2) is 4.99 Å². The molecule has 0 radical (unpaired) electrons. The molecule has 6 heteroatoms. The summed E-state index contributed by atoms with van der Waals surface area (Å²) in [7, 11) is 3.36. The summed E-state index contributed by atoms with van der Waals surface area (Å²) in [6.45, 7) is 0.143. The molecule has 24 heavy (non-hydrogen) atoms. The van der Waals surface area contributed by atoms with E-state index in [2.05, 4.69) is 5.32 Å². The van der Waals surface area contributed by atoms with E-state index in [-0.39, 0.29) is 12.6 Å². The Kier molecular flexibility index (Phi) is 5.68. The SMILES string of the molecule is COc1ccc(OC)c(C2N=C(SCCO)NC3=C2CCCC3)c1. The van der Waals surface area contributed by atoms with Gasteiger partial charge in [0.1, 0.15) is 17.5 Å². The van der Waals surface area contributed by atoms with E-state index in [4.69, 9.17) is 19.6 Å². The Morgan fingerprint density at radius 2 is 2.08 bits per heavy atom. The van der Waals surface area contributed by atoms with Crippen LogP contribution in [0.2, 0.25) is 0 Å². The van der Waals surface area contributed by atoms with E-state index in [1.54, 1.807) is 26.0 Å². The lowest BCUT2D eigenvalue weighted by Crippen LogP contribution is -2.30. The van der Waals surface area contributed by atoms with Gasteiger partial charge in [0.2, 0.25) is 0 Å². The van der Waals surface area contributed by atoms with Crippen molar-refractivity contribution in [1.82, 2.24) is 5.32 Å². The van der Waals surface area contributed by atoms with Crippen LogP contribution < -0.4 is 14.8 Å². The van der Waals surface area contributed by atoms with Crippen LogP contribution in [-0.2, 0) is 0 Å². The molecule has 1 aromatic carbocycles. The van der Waals surface area contributed by atoms with Crippen LogP contribution >= 0.6 is 11.8 Å². The normalized spacial score (nSPS) is 20.1. The summed E-state index contributed by atoms with van der Waals surface area (Å²) in [6.07, 6.45) is 4.50. The number of rotatable bonds is 5. The monoisotopic (exact) mass is 348 g/mol. The molecule has 2 aliphatic rings.